The third kappa shape index (κ3) is 2.69. The average Bonchev–Trinajstić information content (AvgIpc) is 2.24. The van der Waals surface area contributed by atoms with Gasteiger partial charge in [-0.2, -0.15) is 0 Å². The Morgan fingerprint density at radius 3 is 3.00 bits per heavy atom. The molecule has 2 rings (SSSR count). The highest BCUT2D eigenvalue weighted by molar-refractivity contribution is 5.47. The van der Waals surface area contributed by atoms with E-state index in [-0.39, 0.29) is 5.82 Å². The summed E-state index contributed by atoms with van der Waals surface area (Å²) >= 11 is 0. The van der Waals surface area contributed by atoms with Gasteiger partial charge in [-0.1, -0.05) is 6.07 Å². The average molecular weight is 209 g/mol. The molecular formula is C12H16FNO. The predicted octanol–water partition coefficient (Wildman–Crippen LogP) is 2.38. The molecule has 1 aromatic carbocycles. The first-order valence-electron chi connectivity index (χ1n) is 5.37. The smallest absolute Gasteiger partial charge is 0.125 e. The van der Waals surface area contributed by atoms with Gasteiger partial charge in [0, 0.05) is 18.9 Å². The zero-order valence-corrected chi connectivity index (χ0v) is 8.71. The van der Waals surface area contributed by atoms with E-state index in [0.29, 0.717) is 11.6 Å². The number of benzene rings is 1. The molecule has 2 N–H and O–H groups in total. The molecule has 1 aliphatic heterocycles. The van der Waals surface area contributed by atoms with Gasteiger partial charge in [-0.05, 0) is 42.9 Å². The van der Waals surface area contributed by atoms with E-state index in [1.165, 1.54) is 18.6 Å². The van der Waals surface area contributed by atoms with Crippen LogP contribution < -0.4 is 5.73 Å². The maximum absolute atomic E-state index is 12.8. The van der Waals surface area contributed by atoms with Gasteiger partial charge >= 0.3 is 0 Å². The van der Waals surface area contributed by atoms with Gasteiger partial charge in [0.15, 0.2) is 0 Å². The fourth-order valence-electron chi connectivity index (χ4n) is 2.03. The summed E-state index contributed by atoms with van der Waals surface area (Å²) in [6.45, 7) is 1.67. The van der Waals surface area contributed by atoms with Crippen molar-refractivity contribution in [3.05, 3.63) is 29.6 Å². The zero-order chi connectivity index (χ0) is 10.7. The molecule has 0 saturated carbocycles. The molecule has 1 aliphatic rings. The molecular weight excluding hydrogens is 193 g/mol. The van der Waals surface area contributed by atoms with Crippen molar-refractivity contribution in [2.24, 2.45) is 5.92 Å². The van der Waals surface area contributed by atoms with Gasteiger partial charge in [-0.15, -0.1) is 0 Å². The molecule has 1 atom stereocenters. The Hall–Kier alpha value is -1.09. The molecule has 0 bridgehead atoms. The van der Waals surface area contributed by atoms with E-state index in [0.717, 1.165) is 31.6 Å². The van der Waals surface area contributed by atoms with Crippen LogP contribution in [0.4, 0.5) is 10.1 Å². The molecule has 1 fully saturated rings. The second-order valence-corrected chi connectivity index (χ2v) is 4.13. The third-order valence-electron chi connectivity index (χ3n) is 2.87. The van der Waals surface area contributed by atoms with Crippen molar-refractivity contribution < 1.29 is 9.13 Å². The third-order valence-corrected chi connectivity index (χ3v) is 2.87. The Morgan fingerprint density at radius 1 is 1.47 bits per heavy atom. The van der Waals surface area contributed by atoms with Crippen molar-refractivity contribution in [3.8, 4) is 0 Å². The van der Waals surface area contributed by atoms with Crippen molar-refractivity contribution >= 4 is 5.69 Å². The molecule has 0 aromatic heterocycles. The van der Waals surface area contributed by atoms with E-state index < -0.39 is 0 Å². The lowest BCUT2D eigenvalue weighted by Gasteiger charge is -2.22. The van der Waals surface area contributed by atoms with Gasteiger partial charge in [0.25, 0.3) is 0 Å². The summed E-state index contributed by atoms with van der Waals surface area (Å²) in [6.07, 6.45) is 3.19. The van der Waals surface area contributed by atoms with Crippen molar-refractivity contribution in [2.75, 3.05) is 18.9 Å². The number of hydrogen-bond acceptors (Lipinski definition) is 2. The van der Waals surface area contributed by atoms with Crippen LogP contribution in [0.2, 0.25) is 0 Å². The Kier molecular flexibility index (Phi) is 3.21. The number of ether oxygens (including phenoxy) is 1. The molecule has 82 valence electrons. The number of hydrogen-bond donors (Lipinski definition) is 1. The molecule has 0 spiro atoms. The zero-order valence-electron chi connectivity index (χ0n) is 8.71. The minimum atomic E-state index is -0.267. The van der Waals surface area contributed by atoms with E-state index in [9.17, 15) is 4.39 Å². The summed E-state index contributed by atoms with van der Waals surface area (Å²) in [5.41, 5.74) is 7.35. The van der Waals surface area contributed by atoms with Crippen LogP contribution in [-0.2, 0) is 11.2 Å². The Balaban J connectivity index is 2.03. The lowest BCUT2D eigenvalue weighted by Crippen LogP contribution is -2.19. The quantitative estimate of drug-likeness (QED) is 0.759. The fraction of sp³-hybridized carbons (Fsp3) is 0.500. The SMILES string of the molecule is Nc1cc(F)ccc1CC1CCCOC1. The number of halogens is 1. The van der Waals surface area contributed by atoms with Crippen LogP contribution in [0.15, 0.2) is 18.2 Å². The van der Waals surface area contributed by atoms with Gasteiger partial charge < -0.3 is 10.5 Å². The van der Waals surface area contributed by atoms with Crippen LogP contribution in [0.5, 0.6) is 0 Å². The second kappa shape index (κ2) is 4.62. The first-order valence-corrected chi connectivity index (χ1v) is 5.37. The summed E-state index contributed by atoms with van der Waals surface area (Å²) in [5, 5.41) is 0. The van der Waals surface area contributed by atoms with Crippen LogP contribution in [-0.4, -0.2) is 13.2 Å². The van der Waals surface area contributed by atoms with Crippen LogP contribution in [0.3, 0.4) is 0 Å². The van der Waals surface area contributed by atoms with Gasteiger partial charge in [0.2, 0.25) is 0 Å². The molecule has 0 radical (unpaired) electrons. The van der Waals surface area contributed by atoms with E-state index in [1.807, 2.05) is 0 Å². The van der Waals surface area contributed by atoms with Crippen molar-refractivity contribution in [2.45, 2.75) is 19.3 Å². The summed E-state index contributed by atoms with van der Waals surface area (Å²) in [7, 11) is 0. The number of nitrogens with two attached hydrogens (primary N) is 1. The van der Waals surface area contributed by atoms with Gasteiger partial charge in [0.1, 0.15) is 5.82 Å². The number of nitrogen functional groups attached to an aromatic ring is 1. The molecule has 1 heterocycles. The molecule has 1 saturated heterocycles. The number of anilines is 1. The lowest BCUT2D eigenvalue weighted by atomic mass is 9.93. The van der Waals surface area contributed by atoms with E-state index >= 15 is 0 Å². The maximum Gasteiger partial charge on any atom is 0.125 e. The Labute approximate surface area is 89.2 Å². The molecule has 3 heteroatoms. The summed E-state index contributed by atoms with van der Waals surface area (Å²) in [5.74, 6) is 0.266. The van der Waals surface area contributed by atoms with Crippen LogP contribution >= 0.6 is 0 Å². The van der Waals surface area contributed by atoms with Crippen molar-refractivity contribution in [1.82, 2.24) is 0 Å². The lowest BCUT2D eigenvalue weighted by molar-refractivity contribution is 0.0551. The largest absolute Gasteiger partial charge is 0.398 e. The van der Waals surface area contributed by atoms with Crippen molar-refractivity contribution in [3.63, 3.8) is 0 Å². The highest BCUT2D eigenvalue weighted by Gasteiger charge is 2.15. The summed E-state index contributed by atoms with van der Waals surface area (Å²) in [4.78, 5) is 0. The highest BCUT2D eigenvalue weighted by atomic mass is 19.1. The second-order valence-electron chi connectivity index (χ2n) is 4.13. The molecule has 0 aliphatic carbocycles. The Morgan fingerprint density at radius 2 is 2.33 bits per heavy atom. The van der Waals surface area contributed by atoms with Gasteiger partial charge in [-0.25, -0.2) is 4.39 Å². The molecule has 0 amide bonds. The van der Waals surface area contributed by atoms with Crippen LogP contribution in [0.1, 0.15) is 18.4 Å². The highest BCUT2D eigenvalue weighted by Crippen LogP contribution is 2.22. The monoisotopic (exact) mass is 209 g/mol. The van der Waals surface area contributed by atoms with Gasteiger partial charge in [0.05, 0.1) is 0 Å². The van der Waals surface area contributed by atoms with Crippen LogP contribution in [0, 0.1) is 11.7 Å². The molecule has 1 aromatic rings. The summed E-state index contributed by atoms with van der Waals surface area (Å²) in [6, 6.07) is 4.63. The van der Waals surface area contributed by atoms with E-state index in [1.54, 1.807) is 6.07 Å². The first-order chi connectivity index (χ1) is 7.25. The number of rotatable bonds is 2. The molecule has 2 nitrogen and oxygen atoms in total. The van der Waals surface area contributed by atoms with E-state index in [4.69, 9.17) is 10.5 Å². The van der Waals surface area contributed by atoms with Gasteiger partial charge in [-0.3, -0.25) is 0 Å². The predicted molar refractivity (Wildman–Crippen MR) is 58.1 cm³/mol. The minimum absolute atomic E-state index is 0.267. The Bertz CT molecular complexity index is 334. The molecule has 1 unspecified atom stereocenters. The first kappa shape index (κ1) is 10.4. The molecule has 15 heavy (non-hydrogen) atoms. The maximum atomic E-state index is 12.8. The van der Waals surface area contributed by atoms with E-state index in [2.05, 4.69) is 0 Å². The normalized spacial score (nSPS) is 21.5. The van der Waals surface area contributed by atoms with Crippen molar-refractivity contribution in [1.29, 1.82) is 0 Å². The summed E-state index contributed by atoms with van der Waals surface area (Å²) < 4.78 is 18.2. The fourth-order valence-corrected chi connectivity index (χ4v) is 2.03. The van der Waals surface area contributed by atoms with Crippen LogP contribution in [0.25, 0.3) is 0 Å². The topological polar surface area (TPSA) is 35.2 Å². The standard InChI is InChI=1S/C12H16FNO/c13-11-4-3-10(12(14)7-11)6-9-2-1-5-15-8-9/h3-4,7,9H,1-2,5-6,8,14H2. The minimum Gasteiger partial charge on any atom is -0.398 e.